The average Bonchev–Trinajstić information content (AvgIpc) is 2.38. The minimum Gasteiger partial charge on any atom is -0.338 e. The van der Waals surface area contributed by atoms with E-state index in [0.717, 1.165) is 19.5 Å². The highest BCUT2D eigenvalue weighted by Gasteiger charge is 2.07. The number of benzene rings is 1. The Balaban J connectivity index is 2.35. The third-order valence-electron chi connectivity index (χ3n) is 2.38. The van der Waals surface area contributed by atoms with E-state index in [1.54, 1.807) is 6.07 Å². The van der Waals surface area contributed by atoms with Crippen LogP contribution in [0.2, 0.25) is 0 Å². The van der Waals surface area contributed by atoms with Crippen molar-refractivity contribution in [1.29, 1.82) is 0 Å². The number of nitrogens with zero attached hydrogens (tertiary/aromatic N) is 1. The van der Waals surface area contributed by atoms with Gasteiger partial charge in [0.15, 0.2) is 0 Å². The molecule has 0 fully saturated rings. The molecule has 0 saturated carbocycles. The van der Waals surface area contributed by atoms with Gasteiger partial charge >= 0.3 is 6.03 Å². The van der Waals surface area contributed by atoms with E-state index in [1.165, 1.54) is 18.2 Å². The third kappa shape index (κ3) is 5.82. The fraction of sp³-hybridized carbons (Fsp3) is 0.417. The Kier molecular flexibility index (Phi) is 6.31. The molecule has 19 heavy (non-hydrogen) atoms. The van der Waals surface area contributed by atoms with Crippen LogP contribution in [-0.2, 0) is 0 Å². The van der Waals surface area contributed by atoms with Crippen molar-refractivity contribution in [3.8, 4) is 0 Å². The predicted octanol–water partition coefficient (Wildman–Crippen LogP) is 1.72. The van der Waals surface area contributed by atoms with Crippen molar-refractivity contribution in [1.82, 2.24) is 10.6 Å². The number of anilines is 1. The molecule has 0 heterocycles. The second-order valence-electron chi connectivity index (χ2n) is 3.90. The highest BCUT2D eigenvalue weighted by molar-refractivity contribution is 5.89. The third-order valence-corrected chi connectivity index (χ3v) is 2.38. The first-order valence-corrected chi connectivity index (χ1v) is 6.13. The molecule has 7 heteroatoms. The number of hydrogen-bond acceptors (Lipinski definition) is 4. The number of carbonyl (C=O) groups is 1. The molecule has 0 aliphatic heterocycles. The highest BCUT2D eigenvalue weighted by Crippen LogP contribution is 2.16. The number of nitro benzene ring substituents is 1. The summed E-state index contributed by atoms with van der Waals surface area (Å²) < 4.78 is 0. The van der Waals surface area contributed by atoms with Crippen molar-refractivity contribution in [3.05, 3.63) is 34.4 Å². The number of hydrogen-bond donors (Lipinski definition) is 3. The lowest BCUT2D eigenvalue weighted by Gasteiger charge is -2.07. The molecule has 0 aliphatic carbocycles. The van der Waals surface area contributed by atoms with Gasteiger partial charge in [0.25, 0.3) is 5.69 Å². The van der Waals surface area contributed by atoms with Gasteiger partial charge in [0, 0.05) is 24.4 Å². The molecule has 0 unspecified atom stereocenters. The van der Waals surface area contributed by atoms with E-state index in [1.807, 2.05) is 6.92 Å². The summed E-state index contributed by atoms with van der Waals surface area (Å²) in [6.45, 7) is 4.31. The minimum atomic E-state index is -0.500. The van der Waals surface area contributed by atoms with Crippen LogP contribution in [0.3, 0.4) is 0 Å². The molecule has 0 bridgehead atoms. The average molecular weight is 266 g/mol. The van der Waals surface area contributed by atoms with Crippen LogP contribution in [0.1, 0.15) is 13.3 Å². The van der Waals surface area contributed by atoms with Crippen molar-refractivity contribution >= 4 is 17.4 Å². The fourth-order valence-corrected chi connectivity index (χ4v) is 1.46. The number of carbonyl (C=O) groups excluding carboxylic acids is 1. The van der Waals surface area contributed by atoms with E-state index in [9.17, 15) is 14.9 Å². The Morgan fingerprint density at radius 1 is 1.37 bits per heavy atom. The molecule has 3 N–H and O–H groups in total. The molecular weight excluding hydrogens is 248 g/mol. The second-order valence-corrected chi connectivity index (χ2v) is 3.90. The lowest BCUT2D eigenvalue weighted by Crippen LogP contribution is -2.31. The SMILES string of the molecule is CCNCCCNC(=O)Nc1cccc([N+](=O)[O-])c1. The molecule has 0 aliphatic rings. The van der Waals surface area contributed by atoms with Gasteiger partial charge in [-0.3, -0.25) is 10.1 Å². The summed E-state index contributed by atoms with van der Waals surface area (Å²) in [5.41, 5.74) is 0.350. The van der Waals surface area contributed by atoms with E-state index in [0.29, 0.717) is 12.2 Å². The Morgan fingerprint density at radius 2 is 2.16 bits per heavy atom. The topological polar surface area (TPSA) is 96.3 Å². The normalized spacial score (nSPS) is 9.95. The summed E-state index contributed by atoms with van der Waals surface area (Å²) in [6.07, 6.45) is 0.830. The van der Waals surface area contributed by atoms with Gasteiger partial charge in [-0.1, -0.05) is 13.0 Å². The first-order chi connectivity index (χ1) is 9.13. The molecule has 0 spiro atoms. The molecule has 0 atom stereocenters. The van der Waals surface area contributed by atoms with Crippen molar-refractivity contribution < 1.29 is 9.72 Å². The molecule has 104 valence electrons. The number of nitro groups is 1. The number of amides is 2. The zero-order chi connectivity index (χ0) is 14.1. The first-order valence-electron chi connectivity index (χ1n) is 6.13. The van der Waals surface area contributed by atoms with E-state index >= 15 is 0 Å². The summed E-state index contributed by atoms with van der Waals surface area (Å²) in [5.74, 6) is 0. The Hall–Kier alpha value is -2.15. The molecule has 0 saturated heterocycles. The monoisotopic (exact) mass is 266 g/mol. The van der Waals surface area contributed by atoms with Crippen LogP contribution in [0.15, 0.2) is 24.3 Å². The Bertz CT molecular complexity index is 437. The Morgan fingerprint density at radius 3 is 2.84 bits per heavy atom. The molecule has 7 nitrogen and oxygen atoms in total. The van der Waals surface area contributed by atoms with Gasteiger partial charge in [-0.15, -0.1) is 0 Å². The van der Waals surface area contributed by atoms with Crippen LogP contribution in [-0.4, -0.2) is 30.6 Å². The maximum atomic E-state index is 11.5. The van der Waals surface area contributed by atoms with E-state index in [2.05, 4.69) is 16.0 Å². The molecule has 0 aromatic heterocycles. The van der Waals surface area contributed by atoms with Gasteiger partial charge < -0.3 is 16.0 Å². The number of urea groups is 1. The molecule has 1 aromatic rings. The van der Waals surface area contributed by atoms with Gasteiger partial charge in [0.1, 0.15) is 0 Å². The van der Waals surface area contributed by atoms with E-state index < -0.39 is 4.92 Å². The number of nitrogens with one attached hydrogen (secondary N) is 3. The second kappa shape index (κ2) is 8.04. The summed E-state index contributed by atoms with van der Waals surface area (Å²) in [6, 6.07) is 5.46. The highest BCUT2D eigenvalue weighted by atomic mass is 16.6. The van der Waals surface area contributed by atoms with Gasteiger partial charge in [0.05, 0.1) is 4.92 Å². The first kappa shape index (κ1) is 14.9. The summed E-state index contributed by atoms with van der Waals surface area (Å²) in [7, 11) is 0. The van der Waals surface area contributed by atoms with E-state index in [-0.39, 0.29) is 11.7 Å². The molecule has 0 radical (unpaired) electrons. The molecule has 1 aromatic carbocycles. The number of non-ortho nitro benzene ring substituents is 1. The van der Waals surface area contributed by atoms with Crippen LogP contribution in [0.5, 0.6) is 0 Å². The van der Waals surface area contributed by atoms with Crippen LogP contribution in [0.4, 0.5) is 16.2 Å². The van der Waals surface area contributed by atoms with Crippen molar-refractivity contribution in [2.45, 2.75) is 13.3 Å². The van der Waals surface area contributed by atoms with Crippen LogP contribution >= 0.6 is 0 Å². The van der Waals surface area contributed by atoms with Gasteiger partial charge in [0.2, 0.25) is 0 Å². The Labute approximate surface area is 111 Å². The van der Waals surface area contributed by atoms with Crippen LogP contribution in [0.25, 0.3) is 0 Å². The standard InChI is InChI=1S/C12H18N4O3/c1-2-13-7-4-8-14-12(17)15-10-5-3-6-11(9-10)16(18)19/h3,5-6,9,13H,2,4,7-8H2,1H3,(H2,14,15,17). The predicted molar refractivity (Wildman–Crippen MR) is 73.3 cm³/mol. The zero-order valence-corrected chi connectivity index (χ0v) is 10.8. The van der Waals surface area contributed by atoms with E-state index in [4.69, 9.17) is 0 Å². The minimum absolute atomic E-state index is 0.0510. The summed E-state index contributed by atoms with van der Waals surface area (Å²) >= 11 is 0. The largest absolute Gasteiger partial charge is 0.338 e. The maximum Gasteiger partial charge on any atom is 0.319 e. The molecule has 2 amide bonds. The van der Waals surface area contributed by atoms with Gasteiger partial charge in [-0.25, -0.2) is 4.79 Å². The van der Waals surface area contributed by atoms with Crippen LogP contribution < -0.4 is 16.0 Å². The van der Waals surface area contributed by atoms with Gasteiger partial charge in [-0.05, 0) is 25.6 Å². The van der Waals surface area contributed by atoms with Crippen molar-refractivity contribution in [2.75, 3.05) is 25.0 Å². The summed E-state index contributed by atoms with van der Waals surface area (Å²) in [4.78, 5) is 21.6. The summed E-state index contributed by atoms with van der Waals surface area (Å²) in [5, 5.41) is 19.0. The fourth-order valence-electron chi connectivity index (χ4n) is 1.46. The van der Waals surface area contributed by atoms with Crippen molar-refractivity contribution in [3.63, 3.8) is 0 Å². The zero-order valence-electron chi connectivity index (χ0n) is 10.8. The smallest absolute Gasteiger partial charge is 0.319 e. The molecule has 1 rings (SSSR count). The van der Waals surface area contributed by atoms with Gasteiger partial charge in [-0.2, -0.15) is 0 Å². The lowest BCUT2D eigenvalue weighted by molar-refractivity contribution is -0.384. The lowest BCUT2D eigenvalue weighted by atomic mass is 10.3. The quantitative estimate of drug-likeness (QED) is 0.397. The molecular formula is C12H18N4O3. The number of rotatable bonds is 7. The van der Waals surface area contributed by atoms with Crippen LogP contribution in [0, 0.1) is 10.1 Å². The van der Waals surface area contributed by atoms with Crippen molar-refractivity contribution in [2.24, 2.45) is 0 Å². The maximum absolute atomic E-state index is 11.5.